The lowest BCUT2D eigenvalue weighted by Crippen LogP contribution is -2.15. The van der Waals surface area contributed by atoms with E-state index in [0.29, 0.717) is 17.3 Å². The molecule has 1 amide bonds. The highest BCUT2D eigenvalue weighted by Gasteiger charge is 2.17. The van der Waals surface area contributed by atoms with Crippen molar-refractivity contribution in [2.24, 2.45) is 0 Å². The van der Waals surface area contributed by atoms with E-state index in [2.05, 4.69) is 35.3 Å². The zero-order chi connectivity index (χ0) is 17.8. The van der Waals surface area contributed by atoms with Crippen molar-refractivity contribution in [3.63, 3.8) is 0 Å². The molecule has 1 atom stereocenters. The number of carbonyl (C=O) groups excluding carboxylic acids is 1. The van der Waals surface area contributed by atoms with Crippen LogP contribution in [0.15, 0.2) is 54.9 Å². The minimum atomic E-state index is -0.157. The molecule has 0 aliphatic rings. The van der Waals surface area contributed by atoms with Crippen LogP contribution in [0.5, 0.6) is 0 Å². The smallest absolute Gasteiger partial charge is 0.259 e. The van der Waals surface area contributed by atoms with E-state index in [4.69, 9.17) is 0 Å². The Balaban J connectivity index is 1.87. The molecule has 0 radical (unpaired) electrons. The molecule has 0 bridgehead atoms. The molecule has 0 aliphatic carbocycles. The topological polar surface area (TPSA) is 59.8 Å². The van der Waals surface area contributed by atoms with Crippen molar-refractivity contribution in [2.75, 3.05) is 5.32 Å². The van der Waals surface area contributed by atoms with Gasteiger partial charge in [-0.1, -0.05) is 38.1 Å². The van der Waals surface area contributed by atoms with E-state index in [1.54, 1.807) is 17.1 Å². The summed E-state index contributed by atoms with van der Waals surface area (Å²) < 4.78 is 1.68. The van der Waals surface area contributed by atoms with Gasteiger partial charge in [-0.3, -0.25) is 4.79 Å². The van der Waals surface area contributed by atoms with Crippen LogP contribution >= 0.6 is 0 Å². The van der Waals surface area contributed by atoms with Crippen LogP contribution in [0.1, 0.15) is 47.8 Å². The van der Waals surface area contributed by atoms with E-state index in [1.807, 2.05) is 43.3 Å². The zero-order valence-electron chi connectivity index (χ0n) is 14.7. The van der Waals surface area contributed by atoms with Crippen molar-refractivity contribution in [1.82, 2.24) is 14.8 Å². The molecular formula is C20H22N4O. The standard InChI is InChI=1S/C20H22N4O/c1-4-14(2)16-9-5-6-10-18(16)23-20(25)17-13-22-24(15(17)3)19-11-7-8-12-21-19/h5-14H,4H2,1-3H3,(H,23,25). The minimum absolute atomic E-state index is 0.157. The van der Waals surface area contributed by atoms with E-state index in [0.717, 1.165) is 23.4 Å². The Labute approximate surface area is 147 Å². The first-order valence-electron chi connectivity index (χ1n) is 8.48. The zero-order valence-corrected chi connectivity index (χ0v) is 14.7. The van der Waals surface area contributed by atoms with Crippen molar-refractivity contribution in [3.05, 3.63) is 71.7 Å². The minimum Gasteiger partial charge on any atom is -0.322 e. The maximum Gasteiger partial charge on any atom is 0.259 e. The van der Waals surface area contributed by atoms with Crippen LogP contribution in [-0.4, -0.2) is 20.7 Å². The van der Waals surface area contributed by atoms with Gasteiger partial charge in [0.2, 0.25) is 0 Å². The van der Waals surface area contributed by atoms with Gasteiger partial charge in [-0.25, -0.2) is 9.67 Å². The Morgan fingerprint density at radius 2 is 1.96 bits per heavy atom. The molecule has 5 nitrogen and oxygen atoms in total. The second-order valence-corrected chi connectivity index (χ2v) is 6.09. The van der Waals surface area contributed by atoms with Crippen molar-refractivity contribution >= 4 is 11.6 Å². The summed E-state index contributed by atoms with van der Waals surface area (Å²) in [6, 6.07) is 13.5. The van der Waals surface area contributed by atoms with Crippen LogP contribution < -0.4 is 5.32 Å². The monoisotopic (exact) mass is 334 g/mol. The van der Waals surface area contributed by atoms with Crippen LogP contribution in [-0.2, 0) is 0 Å². The second kappa shape index (κ2) is 7.30. The molecule has 0 saturated heterocycles. The molecule has 1 N–H and O–H groups in total. The van der Waals surface area contributed by atoms with Crippen molar-refractivity contribution in [3.8, 4) is 5.82 Å². The first-order valence-corrected chi connectivity index (χ1v) is 8.48. The molecule has 3 aromatic rings. The van der Waals surface area contributed by atoms with Crippen molar-refractivity contribution < 1.29 is 4.79 Å². The fourth-order valence-electron chi connectivity index (χ4n) is 2.79. The van der Waals surface area contributed by atoms with Gasteiger partial charge < -0.3 is 5.32 Å². The van der Waals surface area contributed by atoms with E-state index in [1.165, 1.54) is 0 Å². The maximum atomic E-state index is 12.8. The lowest BCUT2D eigenvalue weighted by atomic mass is 9.97. The number of hydrogen-bond acceptors (Lipinski definition) is 3. The molecule has 2 heterocycles. The van der Waals surface area contributed by atoms with Gasteiger partial charge in [0.15, 0.2) is 5.82 Å². The SMILES string of the molecule is CCC(C)c1ccccc1NC(=O)c1cnn(-c2ccccn2)c1C. The van der Waals surface area contributed by atoms with E-state index in [9.17, 15) is 4.79 Å². The average molecular weight is 334 g/mol. The molecule has 1 aromatic carbocycles. The molecular weight excluding hydrogens is 312 g/mol. The molecule has 0 fully saturated rings. The third-order valence-electron chi connectivity index (χ3n) is 4.47. The van der Waals surface area contributed by atoms with Gasteiger partial charge in [0.1, 0.15) is 0 Å². The normalized spacial score (nSPS) is 12.0. The number of pyridine rings is 1. The molecule has 1 unspecified atom stereocenters. The highest BCUT2D eigenvalue weighted by atomic mass is 16.1. The second-order valence-electron chi connectivity index (χ2n) is 6.09. The fraction of sp³-hybridized carbons (Fsp3) is 0.250. The molecule has 3 rings (SSSR count). The number of amides is 1. The number of para-hydroxylation sites is 1. The van der Waals surface area contributed by atoms with Crippen LogP contribution in [0.3, 0.4) is 0 Å². The Hall–Kier alpha value is -2.95. The van der Waals surface area contributed by atoms with E-state index < -0.39 is 0 Å². The van der Waals surface area contributed by atoms with Gasteiger partial charge >= 0.3 is 0 Å². The molecule has 0 saturated carbocycles. The van der Waals surface area contributed by atoms with Crippen LogP contribution in [0.25, 0.3) is 5.82 Å². The summed E-state index contributed by atoms with van der Waals surface area (Å²) in [6.07, 6.45) is 4.31. The van der Waals surface area contributed by atoms with Gasteiger partial charge in [0, 0.05) is 11.9 Å². The number of carbonyl (C=O) groups is 1. The number of nitrogens with zero attached hydrogens (tertiary/aromatic N) is 3. The Morgan fingerprint density at radius 1 is 1.20 bits per heavy atom. The summed E-state index contributed by atoms with van der Waals surface area (Å²) in [4.78, 5) is 17.0. The summed E-state index contributed by atoms with van der Waals surface area (Å²) in [5, 5.41) is 7.35. The third kappa shape index (κ3) is 3.45. The lowest BCUT2D eigenvalue weighted by Gasteiger charge is -2.15. The summed E-state index contributed by atoms with van der Waals surface area (Å²) >= 11 is 0. The average Bonchev–Trinajstić information content (AvgIpc) is 3.04. The summed E-state index contributed by atoms with van der Waals surface area (Å²) in [5.41, 5.74) is 3.31. The summed E-state index contributed by atoms with van der Waals surface area (Å²) in [5.74, 6) is 0.920. The first-order chi connectivity index (χ1) is 12.1. The summed E-state index contributed by atoms with van der Waals surface area (Å²) in [7, 11) is 0. The number of aromatic nitrogens is 3. The fourth-order valence-corrected chi connectivity index (χ4v) is 2.79. The van der Waals surface area contributed by atoms with Gasteiger partial charge in [-0.2, -0.15) is 5.10 Å². The predicted octanol–water partition coefficient (Wildman–Crippen LogP) is 4.34. The Kier molecular flexibility index (Phi) is 4.93. The van der Waals surface area contributed by atoms with Crippen LogP contribution in [0, 0.1) is 6.92 Å². The summed E-state index contributed by atoms with van der Waals surface area (Å²) in [6.45, 7) is 6.18. The van der Waals surface area contributed by atoms with Gasteiger partial charge in [0.25, 0.3) is 5.91 Å². The molecule has 5 heteroatoms. The van der Waals surface area contributed by atoms with E-state index in [-0.39, 0.29) is 5.91 Å². The van der Waals surface area contributed by atoms with Gasteiger partial charge in [-0.05, 0) is 43.0 Å². The quantitative estimate of drug-likeness (QED) is 0.755. The number of hydrogen-bond donors (Lipinski definition) is 1. The number of nitrogens with one attached hydrogen (secondary N) is 1. The number of anilines is 1. The molecule has 0 spiro atoms. The van der Waals surface area contributed by atoms with E-state index >= 15 is 0 Å². The molecule has 2 aromatic heterocycles. The Morgan fingerprint density at radius 3 is 2.68 bits per heavy atom. The maximum absolute atomic E-state index is 12.8. The van der Waals surface area contributed by atoms with Gasteiger partial charge in [-0.15, -0.1) is 0 Å². The largest absolute Gasteiger partial charge is 0.322 e. The predicted molar refractivity (Wildman–Crippen MR) is 99.2 cm³/mol. The number of rotatable bonds is 5. The molecule has 128 valence electrons. The highest BCUT2D eigenvalue weighted by Crippen LogP contribution is 2.27. The Bertz CT molecular complexity index is 870. The third-order valence-corrected chi connectivity index (χ3v) is 4.47. The van der Waals surface area contributed by atoms with Crippen molar-refractivity contribution in [1.29, 1.82) is 0 Å². The molecule has 0 aliphatic heterocycles. The van der Waals surface area contributed by atoms with Crippen molar-refractivity contribution in [2.45, 2.75) is 33.1 Å². The van der Waals surface area contributed by atoms with Gasteiger partial charge in [0.05, 0.1) is 17.5 Å². The number of benzene rings is 1. The molecule has 25 heavy (non-hydrogen) atoms. The highest BCUT2D eigenvalue weighted by molar-refractivity contribution is 6.05. The van der Waals surface area contributed by atoms with Crippen LogP contribution in [0.2, 0.25) is 0 Å². The lowest BCUT2D eigenvalue weighted by molar-refractivity contribution is 0.102. The first kappa shape index (κ1) is 16.9. The van der Waals surface area contributed by atoms with Crippen LogP contribution in [0.4, 0.5) is 5.69 Å².